The summed E-state index contributed by atoms with van der Waals surface area (Å²) in [7, 11) is 0. The molecular formula is C10H11N3O4. The zero-order valence-electron chi connectivity index (χ0n) is 8.87. The Morgan fingerprint density at radius 1 is 1.53 bits per heavy atom. The van der Waals surface area contributed by atoms with Crippen LogP contribution in [0, 0.1) is 10.1 Å². The largest absolute Gasteiger partial charge is 0.292 e. The molecule has 0 aliphatic carbocycles. The number of carbonyl (C=O) groups excluding carboxylic acids is 1. The zero-order chi connectivity index (χ0) is 12.7. The molecular weight excluding hydrogens is 226 g/mol. The summed E-state index contributed by atoms with van der Waals surface area (Å²) in [6, 6.07) is 6.17. The molecule has 0 radical (unpaired) electrons. The normalized spacial score (nSPS) is 10.4. The number of nitro benzene ring substituents is 1. The molecule has 1 amide bonds. The molecule has 90 valence electrons. The van der Waals surface area contributed by atoms with E-state index < -0.39 is 10.8 Å². The fourth-order valence-electron chi connectivity index (χ4n) is 1.15. The summed E-state index contributed by atoms with van der Waals surface area (Å²) in [6.45, 7) is 0.151. The van der Waals surface area contributed by atoms with Crippen LogP contribution in [-0.2, 0) is 4.79 Å². The molecule has 0 aliphatic heterocycles. The third kappa shape index (κ3) is 3.99. The van der Waals surface area contributed by atoms with Crippen LogP contribution in [0.5, 0.6) is 0 Å². The number of para-hydroxylation sites is 1. The van der Waals surface area contributed by atoms with Crippen molar-refractivity contribution in [2.24, 2.45) is 4.99 Å². The lowest BCUT2D eigenvalue weighted by molar-refractivity contribution is -0.385. The van der Waals surface area contributed by atoms with E-state index in [-0.39, 0.29) is 18.7 Å². The molecule has 0 bridgehead atoms. The third-order valence-electron chi connectivity index (χ3n) is 1.96. The summed E-state index contributed by atoms with van der Waals surface area (Å²) in [6.07, 6.45) is 1.36. The van der Waals surface area contributed by atoms with Crippen LogP contribution in [-0.4, -0.2) is 28.8 Å². The van der Waals surface area contributed by atoms with Gasteiger partial charge in [0, 0.05) is 25.2 Å². The molecule has 0 heterocycles. The lowest BCUT2D eigenvalue weighted by atomic mass is 10.2. The molecule has 0 unspecified atom stereocenters. The maximum absolute atomic E-state index is 10.7. The highest BCUT2D eigenvalue weighted by molar-refractivity contribution is 5.85. The number of rotatable bonds is 5. The Balaban J connectivity index is 2.65. The Kier molecular flexibility index (Phi) is 4.77. The van der Waals surface area contributed by atoms with Crippen molar-refractivity contribution < 1.29 is 14.9 Å². The molecule has 0 spiro atoms. The van der Waals surface area contributed by atoms with Gasteiger partial charge in [0.15, 0.2) is 0 Å². The maximum atomic E-state index is 10.7. The molecule has 17 heavy (non-hydrogen) atoms. The molecule has 0 fully saturated rings. The van der Waals surface area contributed by atoms with Gasteiger partial charge in [-0.1, -0.05) is 12.1 Å². The van der Waals surface area contributed by atoms with E-state index in [4.69, 9.17) is 5.21 Å². The summed E-state index contributed by atoms with van der Waals surface area (Å²) in [5, 5.41) is 18.9. The summed E-state index contributed by atoms with van der Waals surface area (Å²) >= 11 is 0. The highest BCUT2D eigenvalue weighted by Crippen LogP contribution is 2.15. The van der Waals surface area contributed by atoms with Crippen molar-refractivity contribution >= 4 is 17.8 Å². The molecule has 0 atom stereocenters. The number of nitrogens with zero attached hydrogens (tertiary/aromatic N) is 2. The first-order valence-corrected chi connectivity index (χ1v) is 4.81. The van der Waals surface area contributed by atoms with Crippen molar-refractivity contribution in [2.45, 2.75) is 6.42 Å². The first-order chi connectivity index (χ1) is 8.15. The van der Waals surface area contributed by atoms with Gasteiger partial charge in [-0.15, -0.1) is 0 Å². The molecule has 0 aliphatic rings. The summed E-state index contributed by atoms with van der Waals surface area (Å²) in [4.78, 5) is 24.7. The van der Waals surface area contributed by atoms with Crippen LogP contribution >= 0.6 is 0 Å². The summed E-state index contributed by atoms with van der Waals surface area (Å²) in [5.41, 5.74) is 1.81. The van der Waals surface area contributed by atoms with Gasteiger partial charge in [0.05, 0.1) is 10.5 Å². The van der Waals surface area contributed by atoms with Crippen LogP contribution in [0.4, 0.5) is 5.69 Å². The fourth-order valence-corrected chi connectivity index (χ4v) is 1.15. The van der Waals surface area contributed by atoms with E-state index in [1.165, 1.54) is 17.8 Å². The van der Waals surface area contributed by atoms with E-state index in [1.54, 1.807) is 18.2 Å². The molecule has 0 saturated carbocycles. The molecule has 7 heteroatoms. The van der Waals surface area contributed by atoms with Crippen molar-refractivity contribution in [3.8, 4) is 0 Å². The number of aliphatic imine (C=N–C) groups is 1. The Bertz CT molecular complexity index is 445. The Labute approximate surface area is 96.9 Å². The van der Waals surface area contributed by atoms with Gasteiger partial charge in [0.2, 0.25) is 5.91 Å². The van der Waals surface area contributed by atoms with Crippen molar-refractivity contribution in [1.29, 1.82) is 0 Å². The molecule has 1 rings (SSSR count). The average Bonchev–Trinajstić information content (AvgIpc) is 2.34. The summed E-state index contributed by atoms with van der Waals surface area (Å²) in [5.74, 6) is -0.551. The number of benzene rings is 1. The van der Waals surface area contributed by atoms with Crippen molar-refractivity contribution in [2.75, 3.05) is 6.54 Å². The second-order valence-electron chi connectivity index (χ2n) is 3.14. The zero-order valence-corrected chi connectivity index (χ0v) is 8.87. The molecule has 0 saturated heterocycles. The number of amides is 1. The molecule has 7 nitrogen and oxygen atoms in total. The predicted molar refractivity (Wildman–Crippen MR) is 60.1 cm³/mol. The minimum Gasteiger partial charge on any atom is -0.292 e. The van der Waals surface area contributed by atoms with E-state index >= 15 is 0 Å². The van der Waals surface area contributed by atoms with Gasteiger partial charge in [-0.3, -0.25) is 25.1 Å². The standard InChI is InChI=1S/C10H11N3O4/c14-10(12-15)5-6-11-7-8-3-1-2-4-9(8)13(16)17/h1-4,7,15H,5-6H2,(H,12,14). The van der Waals surface area contributed by atoms with Gasteiger partial charge in [-0.25, -0.2) is 5.48 Å². The molecule has 0 aromatic heterocycles. The van der Waals surface area contributed by atoms with Crippen LogP contribution in [0.3, 0.4) is 0 Å². The van der Waals surface area contributed by atoms with E-state index in [0.717, 1.165) is 0 Å². The van der Waals surface area contributed by atoms with Gasteiger partial charge in [0.1, 0.15) is 0 Å². The monoisotopic (exact) mass is 237 g/mol. The smallest absolute Gasteiger partial charge is 0.278 e. The maximum Gasteiger partial charge on any atom is 0.278 e. The SMILES string of the molecule is O=C(CCN=Cc1ccccc1[N+](=O)[O-])NO. The Hall–Kier alpha value is -2.28. The minimum atomic E-state index is -0.551. The fraction of sp³-hybridized carbons (Fsp3) is 0.200. The lowest BCUT2D eigenvalue weighted by Gasteiger charge is -1.96. The van der Waals surface area contributed by atoms with Gasteiger partial charge in [-0.2, -0.15) is 0 Å². The van der Waals surface area contributed by atoms with E-state index in [9.17, 15) is 14.9 Å². The van der Waals surface area contributed by atoms with E-state index in [2.05, 4.69) is 4.99 Å². The second kappa shape index (κ2) is 6.33. The first kappa shape index (κ1) is 12.8. The van der Waals surface area contributed by atoms with Crippen molar-refractivity contribution in [1.82, 2.24) is 5.48 Å². The number of nitro groups is 1. The molecule has 2 N–H and O–H groups in total. The minimum absolute atomic E-state index is 0.0215. The van der Waals surface area contributed by atoms with E-state index in [1.807, 2.05) is 0 Å². The number of carbonyl (C=O) groups is 1. The number of hydrogen-bond donors (Lipinski definition) is 2. The summed E-state index contributed by atoms with van der Waals surface area (Å²) < 4.78 is 0. The quantitative estimate of drug-likeness (QED) is 0.343. The number of hydroxylamine groups is 1. The van der Waals surface area contributed by atoms with Crippen LogP contribution in [0.15, 0.2) is 29.3 Å². The van der Waals surface area contributed by atoms with E-state index in [0.29, 0.717) is 5.56 Å². The third-order valence-corrected chi connectivity index (χ3v) is 1.96. The first-order valence-electron chi connectivity index (χ1n) is 4.81. The van der Waals surface area contributed by atoms with Crippen molar-refractivity contribution in [3.05, 3.63) is 39.9 Å². The topological polar surface area (TPSA) is 105 Å². The lowest BCUT2D eigenvalue weighted by Crippen LogP contribution is -2.18. The average molecular weight is 237 g/mol. The predicted octanol–water partition coefficient (Wildman–Crippen LogP) is 0.909. The highest BCUT2D eigenvalue weighted by Gasteiger charge is 2.09. The second-order valence-corrected chi connectivity index (χ2v) is 3.14. The van der Waals surface area contributed by atoms with Crippen molar-refractivity contribution in [3.63, 3.8) is 0 Å². The van der Waals surface area contributed by atoms with Crippen LogP contribution in [0.2, 0.25) is 0 Å². The van der Waals surface area contributed by atoms with Gasteiger partial charge < -0.3 is 0 Å². The van der Waals surface area contributed by atoms with Crippen LogP contribution in [0.1, 0.15) is 12.0 Å². The Morgan fingerprint density at radius 2 is 2.24 bits per heavy atom. The van der Waals surface area contributed by atoms with Crippen LogP contribution in [0.25, 0.3) is 0 Å². The Morgan fingerprint density at radius 3 is 2.88 bits per heavy atom. The van der Waals surface area contributed by atoms with Crippen LogP contribution < -0.4 is 5.48 Å². The molecule has 1 aromatic rings. The van der Waals surface area contributed by atoms with Gasteiger partial charge in [0.25, 0.3) is 5.69 Å². The number of nitrogens with one attached hydrogen (secondary N) is 1. The van der Waals surface area contributed by atoms with Gasteiger partial charge in [-0.05, 0) is 6.07 Å². The number of hydrogen-bond acceptors (Lipinski definition) is 5. The van der Waals surface area contributed by atoms with Gasteiger partial charge >= 0.3 is 0 Å². The molecule has 1 aromatic carbocycles. The highest BCUT2D eigenvalue weighted by atomic mass is 16.6.